The maximum atomic E-state index is 10.1. The molecule has 4 unspecified atom stereocenters. The Kier molecular flexibility index (Phi) is 123. The molecule has 0 aromatic heterocycles. The molecule has 0 aromatic carbocycles. The van der Waals surface area contributed by atoms with Crippen LogP contribution in [0.4, 0.5) is 0 Å². The molecule has 128 valence electrons. The van der Waals surface area contributed by atoms with Gasteiger partial charge in [-0.25, -0.2) is 0 Å². The zero-order valence-corrected chi connectivity index (χ0v) is 50.2. The van der Waals surface area contributed by atoms with E-state index in [1.807, 2.05) is 0 Å². The Bertz CT molecular complexity index is 477. The van der Waals surface area contributed by atoms with Crippen LogP contribution in [0.5, 0.6) is 0 Å². The van der Waals surface area contributed by atoms with Crippen LogP contribution in [0.2, 0.25) is 0 Å². The van der Waals surface area contributed by atoms with Crippen LogP contribution in [-0.2, 0) is 44.6 Å². The number of rotatable bonds is 8. The van der Waals surface area contributed by atoms with Crippen molar-refractivity contribution < 1.29 is 479 Å². The van der Waals surface area contributed by atoms with Crippen LogP contribution >= 0.6 is 48.7 Å². The summed E-state index contributed by atoms with van der Waals surface area (Å²) in [5.41, 5.74) is 0. The van der Waals surface area contributed by atoms with Crippen LogP contribution in [-0.4, -0.2) is 0 Å². The third-order valence-corrected chi connectivity index (χ3v) is 6.00. The van der Waals surface area contributed by atoms with E-state index in [0.717, 1.165) is 0 Å². The Morgan fingerprint density at radius 2 is 0.531 bits per heavy atom. The molecule has 0 radical (unpaired) electrons. The van der Waals surface area contributed by atoms with Gasteiger partial charge in [-0.2, -0.15) is 0 Å². The fraction of sp³-hybridized carbons (Fsp3) is 0. The molecule has 0 fully saturated rings. The first-order valence-electron chi connectivity index (χ1n) is 3.65. The van der Waals surface area contributed by atoms with E-state index in [-0.39, 0.29) is 405 Å². The van der Waals surface area contributed by atoms with Crippen molar-refractivity contribution in [2.75, 3.05) is 0 Å². The summed E-state index contributed by atoms with van der Waals surface area (Å²) in [5.74, 6) is 0. The Morgan fingerprint density at radius 3 is 0.594 bits per heavy atom. The van der Waals surface area contributed by atoms with Gasteiger partial charge in [-0.1, -0.05) is 17.2 Å². The predicted molar refractivity (Wildman–Crippen MR) is 50.0 cm³/mol. The molecule has 0 saturated heterocycles. The predicted octanol–water partition coefficient (Wildman–Crippen LogP) is -32.9. The van der Waals surface area contributed by atoms with E-state index in [2.05, 4.69) is 17.2 Å². The van der Waals surface area contributed by atoms with Gasteiger partial charge in [0.05, 0.1) is 0 Å². The third-order valence-electron chi connectivity index (χ3n) is 0.667. The van der Waals surface area contributed by atoms with Gasteiger partial charge >= 0.3 is 453 Å². The van der Waals surface area contributed by atoms with Crippen molar-refractivity contribution in [3.63, 3.8) is 0 Å². The van der Waals surface area contributed by atoms with Crippen LogP contribution in [0.1, 0.15) is 0 Å². The Morgan fingerprint density at radius 1 is 0.438 bits per heavy atom. The largest absolute Gasteiger partial charge is 1.00 e. The Labute approximate surface area is 510 Å². The summed E-state index contributed by atoms with van der Waals surface area (Å²) >= 11 is 0. The summed E-state index contributed by atoms with van der Waals surface area (Å²) in [6.45, 7) is 0. The van der Waals surface area contributed by atoms with Gasteiger partial charge in [-0.3, -0.25) is 9.13 Å². The van der Waals surface area contributed by atoms with Crippen molar-refractivity contribution in [2.45, 2.75) is 0 Å². The van der Waals surface area contributed by atoms with E-state index in [4.69, 9.17) is 0 Å². The Hall–Kier alpha value is 13.6. The molecule has 0 amide bonds. The van der Waals surface area contributed by atoms with Gasteiger partial charge in [0, 0.05) is 0 Å². The standard InChI is InChI=1S/5K.5Na.2HO8P3/c;;;;;;;;;;2*1-9(2)7-11(5,6)8-10(3)4/h;;;;;;;;;;2*(H,5,6)/q10*+1;;/p-2. The number of phosphoric acid groups is 2. The summed E-state index contributed by atoms with van der Waals surface area (Å²) in [6.07, 6.45) is 0. The minimum absolute atomic E-state index is 0. The third kappa shape index (κ3) is 70.1. The number of hydrogen-bond donors (Lipinski definition) is 0. The van der Waals surface area contributed by atoms with Crippen LogP contribution in [0, 0.1) is 0 Å². The zero-order chi connectivity index (χ0) is 18.1. The molecule has 16 nitrogen and oxygen atoms in total. The van der Waals surface area contributed by atoms with Crippen LogP contribution in [0.3, 0.4) is 0 Å². The minimum atomic E-state index is -5.25. The fourth-order valence-electron chi connectivity index (χ4n) is 0.356. The second kappa shape index (κ2) is 49.0. The van der Waals surface area contributed by atoms with Crippen molar-refractivity contribution in [3.8, 4) is 0 Å². The van der Waals surface area contributed by atoms with Crippen molar-refractivity contribution in [3.05, 3.63) is 0 Å². The first-order chi connectivity index (χ1) is 9.67. The monoisotopic (exact) mass is 752 g/mol. The molecule has 0 aliphatic rings. The van der Waals surface area contributed by atoms with E-state index >= 15 is 0 Å². The molecular formula is K5Na5O16P6+8. The van der Waals surface area contributed by atoms with E-state index in [1.54, 1.807) is 0 Å². The molecule has 0 bridgehead atoms. The summed E-state index contributed by atoms with van der Waals surface area (Å²) < 4.78 is 70.8. The molecule has 0 aromatic rings. The van der Waals surface area contributed by atoms with E-state index in [1.165, 1.54) is 0 Å². The summed E-state index contributed by atoms with van der Waals surface area (Å²) in [5, 5.41) is 0. The molecule has 0 heterocycles. The van der Waals surface area contributed by atoms with Gasteiger partial charge in [-0.05, 0) is 18.3 Å². The SMILES string of the molecule is O=[P+]([O-])OP(=O)([O-])O[P+](=O)[O-].O=[P+]([O-])OP(=O)([O-])O[P+](=O)[O-].[K+].[K+].[K+].[K+].[K+].[Na+].[Na+].[Na+].[Na+].[Na+]. The van der Waals surface area contributed by atoms with Crippen molar-refractivity contribution in [1.29, 1.82) is 0 Å². The molecule has 0 saturated carbocycles. The minimum Gasteiger partial charge on any atom is -0.750 e. The first-order valence-corrected chi connectivity index (χ1v) is 11.0. The summed E-state index contributed by atoms with van der Waals surface area (Å²) in [6, 6.07) is 0. The molecule has 0 N–H and O–H groups in total. The van der Waals surface area contributed by atoms with Gasteiger partial charge in [0.2, 0.25) is 0 Å². The molecule has 0 rings (SSSR count). The van der Waals surface area contributed by atoms with Crippen molar-refractivity contribution in [1.82, 2.24) is 0 Å². The first kappa shape index (κ1) is 80.4. The average Bonchev–Trinajstić information content (AvgIpc) is 2.06. The quantitative estimate of drug-likeness (QED) is 0.164. The van der Waals surface area contributed by atoms with Gasteiger partial charge in [0.15, 0.2) is 0 Å². The van der Waals surface area contributed by atoms with Crippen LogP contribution < -0.4 is 434 Å². The van der Waals surface area contributed by atoms with E-state index in [9.17, 15) is 56.8 Å². The van der Waals surface area contributed by atoms with E-state index in [0.29, 0.717) is 0 Å². The van der Waals surface area contributed by atoms with Gasteiger partial charge in [-0.15, -0.1) is 0 Å². The summed E-state index contributed by atoms with van der Waals surface area (Å²) in [7, 11) is -25.2. The number of hydrogen-bond acceptors (Lipinski definition) is 16. The van der Waals surface area contributed by atoms with Crippen LogP contribution in [0.25, 0.3) is 0 Å². The Balaban J connectivity index is -0.0000000190. The van der Waals surface area contributed by atoms with E-state index < -0.39 is 48.7 Å². The van der Waals surface area contributed by atoms with Crippen molar-refractivity contribution >= 4 is 48.7 Å². The second-order valence-electron chi connectivity index (χ2n) is 2.12. The average molecular weight is 752 g/mol. The van der Waals surface area contributed by atoms with Gasteiger partial charge in [0.25, 0.3) is 0 Å². The normalized spacial score (nSPS) is 12.9. The molecule has 4 atom stereocenters. The van der Waals surface area contributed by atoms with Gasteiger partial charge in [0.1, 0.15) is 0 Å². The van der Waals surface area contributed by atoms with Gasteiger partial charge < -0.3 is 29.4 Å². The summed E-state index contributed by atoms with van der Waals surface area (Å²) in [4.78, 5) is 58.4. The molecule has 0 spiro atoms. The van der Waals surface area contributed by atoms with Crippen molar-refractivity contribution in [2.24, 2.45) is 0 Å². The maximum Gasteiger partial charge on any atom is 1.00 e. The maximum absolute atomic E-state index is 10.1. The second-order valence-corrected chi connectivity index (χ2v) is 8.31. The fourth-order valence-corrected chi connectivity index (χ4v) is 3.74. The molecule has 0 aliphatic heterocycles. The molecule has 32 heteroatoms. The molecule has 0 aliphatic carbocycles. The smallest absolute Gasteiger partial charge is 0.750 e. The van der Waals surface area contributed by atoms with Crippen LogP contribution in [0.15, 0.2) is 0 Å². The zero-order valence-electron chi connectivity index (χ0n) is 19.2. The molecular weight excluding hydrogens is 752 g/mol. The molecule has 32 heavy (non-hydrogen) atoms. The topological polar surface area (TPSA) is 278 Å².